The molecule has 0 heterocycles. The SMILES string of the molecule is COc1cc(/C=C/C(=O)/C(CC(=O)O)=C(O)/C=C/c2ccc(OC(C)=O)c(OC)c2)ccc1OC(C)=O. The van der Waals surface area contributed by atoms with E-state index in [4.69, 9.17) is 18.9 Å². The van der Waals surface area contributed by atoms with E-state index in [1.165, 1.54) is 70.6 Å². The van der Waals surface area contributed by atoms with Crippen molar-refractivity contribution in [3.8, 4) is 23.0 Å². The lowest BCUT2D eigenvalue weighted by molar-refractivity contribution is -0.137. The van der Waals surface area contributed by atoms with Crippen molar-refractivity contribution in [2.24, 2.45) is 0 Å². The summed E-state index contributed by atoms with van der Waals surface area (Å²) in [5, 5.41) is 19.7. The van der Waals surface area contributed by atoms with Crippen LogP contribution in [0.3, 0.4) is 0 Å². The quantitative estimate of drug-likeness (QED) is 0.149. The van der Waals surface area contributed by atoms with Crippen LogP contribution in [0.5, 0.6) is 23.0 Å². The minimum atomic E-state index is -1.31. The molecule has 2 aromatic carbocycles. The second kappa shape index (κ2) is 13.3. The fourth-order valence-electron chi connectivity index (χ4n) is 3.06. The summed E-state index contributed by atoms with van der Waals surface area (Å²) in [6.45, 7) is 2.50. The number of carboxylic acids is 1. The van der Waals surface area contributed by atoms with Gasteiger partial charge in [-0.1, -0.05) is 24.3 Å². The first-order valence-electron chi connectivity index (χ1n) is 10.8. The van der Waals surface area contributed by atoms with Crippen molar-refractivity contribution in [2.45, 2.75) is 20.3 Å². The zero-order valence-corrected chi connectivity index (χ0v) is 20.6. The van der Waals surface area contributed by atoms with Crippen LogP contribution in [0.25, 0.3) is 12.2 Å². The summed E-state index contributed by atoms with van der Waals surface area (Å²) >= 11 is 0. The molecule has 0 aliphatic heterocycles. The molecule has 2 aromatic rings. The number of aliphatic carboxylic acids is 1. The molecule has 37 heavy (non-hydrogen) atoms. The average Bonchev–Trinajstić information content (AvgIpc) is 2.84. The summed E-state index contributed by atoms with van der Waals surface area (Å²) in [6.07, 6.45) is 4.41. The molecule has 0 aliphatic carbocycles. The van der Waals surface area contributed by atoms with Crippen molar-refractivity contribution in [1.29, 1.82) is 0 Å². The van der Waals surface area contributed by atoms with Crippen LogP contribution in [0, 0.1) is 0 Å². The first kappa shape index (κ1) is 28.4. The van der Waals surface area contributed by atoms with E-state index in [-0.39, 0.29) is 28.6 Å². The maximum Gasteiger partial charge on any atom is 0.308 e. The minimum absolute atomic E-state index is 0.199. The highest BCUT2D eigenvalue weighted by Gasteiger charge is 2.16. The fraction of sp³-hybridized carbons (Fsp3) is 0.185. The van der Waals surface area contributed by atoms with Gasteiger partial charge in [0.1, 0.15) is 5.76 Å². The molecule has 2 rings (SSSR count). The van der Waals surface area contributed by atoms with Crippen molar-refractivity contribution < 1.29 is 48.3 Å². The zero-order valence-electron chi connectivity index (χ0n) is 20.6. The standard InChI is InChI=1S/C27H26O10/c1-16(28)36-23-11-7-18(13-25(23)34-3)5-9-21(30)20(15-27(32)33)22(31)10-6-19-8-12-24(37-17(2)29)26(14-19)35-4/h5-14,30H,15H2,1-4H3,(H,32,33)/b9-5+,10-6+,21-20-. The number of carbonyl (C=O) groups excluding carboxylic acids is 3. The number of ether oxygens (including phenoxy) is 4. The molecule has 0 atom stereocenters. The smallest absolute Gasteiger partial charge is 0.308 e. The minimum Gasteiger partial charge on any atom is -0.508 e. The third kappa shape index (κ3) is 8.70. The van der Waals surface area contributed by atoms with Crippen molar-refractivity contribution in [1.82, 2.24) is 0 Å². The number of esters is 2. The predicted octanol–water partition coefficient (Wildman–Crippen LogP) is 4.14. The van der Waals surface area contributed by atoms with Gasteiger partial charge >= 0.3 is 17.9 Å². The highest BCUT2D eigenvalue weighted by Crippen LogP contribution is 2.30. The first-order chi connectivity index (χ1) is 17.5. The van der Waals surface area contributed by atoms with Crippen LogP contribution >= 0.6 is 0 Å². The maximum absolute atomic E-state index is 12.7. The third-order valence-corrected chi connectivity index (χ3v) is 4.68. The van der Waals surface area contributed by atoms with E-state index in [9.17, 15) is 29.4 Å². The van der Waals surface area contributed by atoms with Gasteiger partial charge in [0, 0.05) is 13.8 Å². The van der Waals surface area contributed by atoms with Crippen molar-refractivity contribution in [2.75, 3.05) is 14.2 Å². The van der Waals surface area contributed by atoms with E-state index in [1.54, 1.807) is 12.1 Å². The van der Waals surface area contributed by atoms with Gasteiger partial charge in [0.05, 0.1) is 26.2 Å². The van der Waals surface area contributed by atoms with Crippen molar-refractivity contribution in [3.05, 3.63) is 71.0 Å². The Morgan fingerprint density at radius 3 is 1.59 bits per heavy atom. The normalized spacial score (nSPS) is 11.7. The van der Waals surface area contributed by atoms with Crippen molar-refractivity contribution >= 4 is 35.8 Å². The lowest BCUT2D eigenvalue weighted by Gasteiger charge is -2.09. The molecule has 0 fully saturated rings. The molecular formula is C27H26O10. The lowest BCUT2D eigenvalue weighted by Crippen LogP contribution is -2.08. The molecule has 0 aromatic heterocycles. The van der Waals surface area contributed by atoms with E-state index in [1.807, 2.05) is 0 Å². The highest BCUT2D eigenvalue weighted by molar-refractivity contribution is 6.09. The van der Waals surface area contributed by atoms with Gasteiger partial charge in [-0.15, -0.1) is 0 Å². The largest absolute Gasteiger partial charge is 0.508 e. The number of hydrogen-bond acceptors (Lipinski definition) is 9. The summed E-state index contributed by atoms with van der Waals surface area (Å²) in [5.41, 5.74) is 0.690. The Morgan fingerprint density at radius 1 is 0.730 bits per heavy atom. The van der Waals surface area contributed by atoms with Gasteiger partial charge < -0.3 is 29.2 Å². The number of allylic oxidation sites excluding steroid dienone is 2. The molecular weight excluding hydrogens is 484 g/mol. The number of aliphatic hydroxyl groups is 1. The number of hydrogen-bond donors (Lipinski definition) is 2. The monoisotopic (exact) mass is 510 g/mol. The van der Waals surface area contributed by atoms with Crippen molar-refractivity contribution in [3.63, 3.8) is 0 Å². The molecule has 0 unspecified atom stereocenters. The molecule has 0 amide bonds. The third-order valence-electron chi connectivity index (χ3n) is 4.68. The Bertz CT molecular complexity index is 1280. The zero-order chi connectivity index (χ0) is 27.5. The molecule has 194 valence electrons. The Kier molecular flexibility index (Phi) is 10.2. The Labute approximate surface area is 213 Å². The second-order valence-electron chi connectivity index (χ2n) is 7.47. The molecule has 0 radical (unpaired) electrons. The van der Waals surface area contributed by atoms with E-state index in [2.05, 4.69) is 0 Å². The van der Waals surface area contributed by atoms with Gasteiger partial charge in [-0.05, 0) is 47.5 Å². The van der Waals surface area contributed by atoms with Crippen LogP contribution in [0.15, 0.2) is 59.9 Å². The number of ketones is 1. The fourth-order valence-corrected chi connectivity index (χ4v) is 3.06. The summed E-state index contributed by atoms with van der Waals surface area (Å²) < 4.78 is 20.4. The molecule has 10 nitrogen and oxygen atoms in total. The number of aliphatic hydroxyl groups excluding tert-OH is 1. The lowest BCUT2D eigenvalue weighted by atomic mass is 10.0. The molecule has 0 saturated carbocycles. The summed E-state index contributed by atoms with van der Waals surface area (Å²) in [6, 6.07) is 9.18. The summed E-state index contributed by atoms with van der Waals surface area (Å²) in [5.74, 6) is -2.70. The van der Waals surface area contributed by atoms with Crippen LogP contribution in [-0.2, 0) is 19.2 Å². The molecule has 0 saturated heterocycles. The summed E-state index contributed by atoms with van der Waals surface area (Å²) in [7, 11) is 2.78. The molecule has 2 N–H and O–H groups in total. The number of benzene rings is 2. The van der Waals surface area contributed by atoms with Gasteiger partial charge in [-0.2, -0.15) is 0 Å². The molecule has 10 heteroatoms. The Hall–Kier alpha value is -4.86. The number of carboxylic acid groups (broad SMARTS) is 1. The van der Waals surface area contributed by atoms with Gasteiger partial charge in [-0.3, -0.25) is 19.2 Å². The Balaban J connectivity index is 2.31. The Morgan fingerprint density at radius 2 is 1.19 bits per heavy atom. The van der Waals surface area contributed by atoms with Crippen LogP contribution < -0.4 is 18.9 Å². The summed E-state index contributed by atoms with van der Waals surface area (Å²) in [4.78, 5) is 46.5. The second-order valence-corrected chi connectivity index (χ2v) is 7.47. The first-order valence-corrected chi connectivity index (χ1v) is 10.8. The molecule has 0 bridgehead atoms. The topological polar surface area (TPSA) is 146 Å². The van der Waals surface area contributed by atoms with Gasteiger partial charge in [0.2, 0.25) is 0 Å². The van der Waals surface area contributed by atoms with Crippen LogP contribution in [-0.4, -0.2) is 48.1 Å². The van der Waals surface area contributed by atoms with E-state index >= 15 is 0 Å². The van der Waals surface area contributed by atoms with Crippen LogP contribution in [0.1, 0.15) is 31.4 Å². The van der Waals surface area contributed by atoms with Gasteiger partial charge in [-0.25, -0.2) is 0 Å². The molecule has 0 aliphatic rings. The highest BCUT2D eigenvalue weighted by atomic mass is 16.6. The van der Waals surface area contributed by atoms with E-state index in [0.717, 1.165) is 6.08 Å². The maximum atomic E-state index is 12.7. The number of rotatable bonds is 11. The number of carbonyl (C=O) groups is 4. The number of methoxy groups -OCH3 is 2. The average molecular weight is 510 g/mol. The van der Waals surface area contributed by atoms with E-state index < -0.39 is 35.9 Å². The van der Waals surface area contributed by atoms with Gasteiger partial charge in [0.15, 0.2) is 28.8 Å². The predicted molar refractivity (Wildman–Crippen MR) is 134 cm³/mol. The van der Waals surface area contributed by atoms with Crippen LogP contribution in [0.2, 0.25) is 0 Å². The van der Waals surface area contributed by atoms with Crippen LogP contribution in [0.4, 0.5) is 0 Å². The molecule has 0 spiro atoms. The van der Waals surface area contributed by atoms with E-state index in [0.29, 0.717) is 11.1 Å². The van der Waals surface area contributed by atoms with Gasteiger partial charge in [0.25, 0.3) is 0 Å².